The quantitative estimate of drug-likeness (QED) is 0.884. The van der Waals surface area contributed by atoms with Gasteiger partial charge in [-0.15, -0.1) is 0 Å². The Morgan fingerprint density at radius 1 is 1.38 bits per heavy atom. The molecule has 0 saturated carbocycles. The molecule has 3 atom stereocenters. The lowest BCUT2D eigenvalue weighted by atomic mass is 10.0. The predicted molar refractivity (Wildman–Crippen MR) is 87.7 cm³/mol. The van der Waals surface area contributed by atoms with E-state index in [4.69, 9.17) is 4.74 Å². The van der Waals surface area contributed by atoms with Crippen LogP contribution in [0.2, 0.25) is 0 Å². The highest BCUT2D eigenvalue weighted by molar-refractivity contribution is 6.03. The minimum Gasteiger partial charge on any atom is -0.394 e. The molecule has 1 aromatic heterocycles. The number of anilines is 1. The zero-order chi connectivity index (χ0) is 17.1. The van der Waals surface area contributed by atoms with Crippen molar-refractivity contribution in [2.45, 2.75) is 25.7 Å². The number of nitrogens with zero attached hydrogens (tertiary/aromatic N) is 2. The molecule has 2 heterocycles. The van der Waals surface area contributed by atoms with Gasteiger partial charge in [-0.1, -0.05) is 25.1 Å². The van der Waals surface area contributed by atoms with Crippen molar-refractivity contribution in [2.24, 2.45) is 5.92 Å². The minimum absolute atomic E-state index is 0.0783. The van der Waals surface area contributed by atoms with Gasteiger partial charge in [-0.2, -0.15) is 4.98 Å². The van der Waals surface area contributed by atoms with Gasteiger partial charge in [-0.05, 0) is 30.5 Å². The van der Waals surface area contributed by atoms with Crippen LogP contribution < -0.4 is 11.0 Å². The van der Waals surface area contributed by atoms with E-state index in [-0.39, 0.29) is 30.4 Å². The molecule has 2 N–H and O–H groups in total. The molecule has 1 fully saturated rings. The molecule has 126 valence electrons. The van der Waals surface area contributed by atoms with Crippen LogP contribution in [0.4, 0.5) is 5.82 Å². The molecule has 0 radical (unpaired) electrons. The SMILES string of the molecule is C[C@H]1C[C@H](n2ccc(NC(=O)c3ccccc3)nc2=O)O[C@@H]1CO. The molecule has 24 heavy (non-hydrogen) atoms. The molecular weight excluding hydrogens is 310 g/mol. The van der Waals surface area contributed by atoms with E-state index in [1.807, 2.05) is 13.0 Å². The third-order valence-electron chi connectivity index (χ3n) is 4.14. The number of aromatic nitrogens is 2. The van der Waals surface area contributed by atoms with Crippen LogP contribution in [-0.2, 0) is 4.74 Å². The molecule has 1 amide bonds. The third kappa shape index (κ3) is 3.37. The van der Waals surface area contributed by atoms with Gasteiger partial charge in [0.2, 0.25) is 0 Å². The van der Waals surface area contributed by atoms with Gasteiger partial charge in [0.05, 0.1) is 12.7 Å². The second-order valence-electron chi connectivity index (χ2n) is 5.85. The number of rotatable bonds is 4. The molecule has 3 rings (SSSR count). The lowest BCUT2D eigenvalue weighted by molar-refractivity contribution is -0.0312. The van der Waals surface area contributed by atoms with E-state index >= 15 is 0 Å². The van der Waals surface area contributed by atoms with Gasteiger partial charge >= 0.3 is 5.69 Å². The van der Waals surface area contributed by atoms with Crippen molar-refractivity contribution in [3.8, 4) is 0 Å². The Labute approximate surface area is 138 Å². The van der Waals surface area contributed by atoms with Crippen LogP contribution in [0.5, 0.6) is 0 Å². The first-order valence-electron chi connectivity index (χ1n) is 7.80. The van der Waals surface area contributed by atoms with Crippen molar-refractivity contribution >= 4 is 11.7 Å². The minimum atomic E-state index is -0.503. The van der Waals surface area contributed by atoms with Crippen LogP contribution in [-0.4, -0.2) is 33.3 Å². The summed E-state index contributed by atoms with van der Waals surface area (Å²) in [5, 5.41) is 11.8. The summed E-state index contributed by atoms with van der Waals surface area (Å²) in [4.78, 5) is 28.2. The van der Waals surface area contributed by atoms with Crippen LogP contribution in [0.1, 0.15) is 29.9 Å². The Kier molecular flexibility index (Phi) is 4.73. The Bertz CT molecular complexity index is 775. The third-order valence-corrected chi connectivity index (χ3v) is 4.14. The average Bonchev–Trinajstić information content (AvgIpc) is 2.96. The van der Waals surface area contributed by atoms with E-state index in [9.17, 15) is 14.7 Å². The number of ether oxygens (including phenoxy) is 1. The fourth-order valence-corrected chi connectivity index (χ4v) is 2.74. The molecule has 0 bridgehead atoms. The molecule has 0 spiro atoms. The van der Waals surface area contributed by atoms with Gasteiger partial charge in [0.1, 0.15) is 12.0 Å². The molecule has 0 aliphatic carbocycles. The van der Waals surface area contributed by atoms with Crippen molar-refractivity contribution < 1.29 is 14.6 Å². The Hall–Kier alpha value is -2.51. The molecule has 1 aliphatic heterocycles. The number of aliphatic hydroxyl groups excluding tert-OH is 1. The van der Waals surface area contributed by atoms with Crippen LogP contribution >= 0.6 is 0 Å². The number of carbonyl (C=O) groups excluding carboxylic acids is 1. The number of hydrogen-bond acceptors (Lipinski definition) is 5. The van der Waals surface area contributed by atoms with Crippen molar-refractivity contribution in [2.75, 3.05) is 11.9 Å². The van der Waals surface area contributed by atoms with Gasteiger partial charge < -0.3 is 15.2 Å². The van der Waals surface area contributed by atoms with E-state index in [0.717, 1.165) is 0 Å². The number of carbonyl (C=O) groups is 1. The van der Waals surface area contributed by atoms with Crippen LogP contribution in [0.15, 0.2) is 47.4 Å². The van der Waals surface area contributed by atoms with E-state index in [0.29, 0.717) is 12.0 Å². The first-order chi connectivity index (χ1) is 11.6. The Balaban J connectivity index is 1.74. The first kappa shape index (κ1) is 16.4. The number of amides is 1. The molecule has 1 aliphatic rings. The largest absolute Gasteiger partial charge is 0.394 e. The summed E-state index contributed by atoms with van der Waals surface area (Å²) in [7, 11) is 0. The van der Waals surface area contributed by atoms with E-state index in [2.05, 4.69) is 10.3 Å². The summed E-state index contributed by atoms with van der Waals surface area (Å²) in [5.41, 5.74) is -0.0149. The monoisotopic (exact) mass is 329 g/mol. The second-order valence-corrected chi connectivity index (χ2v) is 5.85. The Morgan fingerprint density at radius 3 is 2.75 bits per heavy atom. The number of hydrogen-bond donors (Lipinski definition) is 2. The fourth-order valence-electron chi connectivity index (χ4n) is 2.74. The standard InChI is InChI=1S/C17H19N3O4/c1-11-9-15(24-13(11)10-21)20-8-7-14(19-17(20)23)18-16(22)12-5-3-2-4-6-12/h2-8,11,13,15,21H,9-10H2,1H3,(H,18,19,22,23)/t11-,13+,15+/m0/s1. The molecule has 1 aromatic carbocycles. The second kappa shape index (κ2) is 6.94. The maximum absolute atomic E-state index is 12.2. The summed E-state index contributed by atoms with van der Waals surface area (Å²) in [6.07, 6.45) is 1.45. The maximum Gasteiger partial charge on any atom is 0.351 e. The van der Waals surface area contributed by atoms with Crippen molar-refractivity contribution in [1.29, 1.82) is 0 Å². The molecule has 7 heteroatoms. The van der Waals surface area contributed by atoms with Crippen molar-refractivity contribution in [1.82, 2.24) is 9.55 Å². The van der Waals surface area contributed by atoms with Crippen molar-refractivity contribution in [3.63, 3.8) is 0 Å². The smallest absolute Gasteiger partial charge is 0.351 e. The lowest BCUT2D eigenvalue weighted by Crippen LogP contribution is -2.28. The van der Waals surface area contributed by atoms with Crippen molar-refractivity contribution in [3.05, 3.63) is 58.6 Å². The highest BCUT2D eigenvalue weighted by Gasteiger charge is 2.33. The molecular formula is C17H19N3O4. The number of nitrogens with one attached hydrogen (secondary N) is 1. The number of benzene rings is 1. The summed E-state index contributed by atoms with van der Waals surface area (Å²) in [5.74, 6) is 0.0190. The maximum atomic E-state index is 12.2. The van der Waals surface area contributed by atoms with Crippen LogP contribution in [0.3, 0.4) is 0 Å². The average molecular weight is 329 g/mol. The van der Waals surface area contributed by atoms with E-state index < -0.39 is 11.9 Å². The van der Waals surface area contributed by atoms with E-state index in [1.54, 1.807) is 36.5 Å². The highest BCUT2D eigenvalue weighted by Crippen LogP contribution is 2.31. The summed E-state index contributed by atoms with van der Waals surface area (Å²) in [6.45, 7) is 1.89. The zero-order valence-electron chi connectivity index (χ0n) is 13.3. The van der Waals surface area contributed by atoms with Gasteiger partial charge in [0, 0.05) is 11.8 Å². The number of aliphatic hydroxyl groups is 1. The van der Waals surface area contributed by atoms with Crippen LogP contribution in [0, 0.1) is 5.92 Å². The predicted octanol–water partition coefficient (Wildman–Crippen LogP) is 1.41. The molecule has 0 unspecified atom stereocenters. The fraction of sp³-hybridized carbons (Fsp3) is 0.353. The lowest BCUT2D eigenvalue weighted by Gasteiger charge is -2.15. The topological polar surface area (TPSA) is 93.5 Å². The van der Waals surface area contributed by atoms with Gasteiger partial charge in [-0.3, -0.25) is 9.36 Å². The molecule has 1 saturated heterocycles. The van der Waals surface area contributed by atoms with E-state index in [1.165, 1.54) is 4.57 Å². The zero-order valence-corrected chi connectivity index (χ0v) is 13.3. The first-order valence-corrected chi connectivity index (χ1v) is 7.80. The molecule has 7 nitrogen and oxygen atoms in total. The Morgan fingerprint density at radius 2 is 2.12 bits per heavy atom. The molecule has 2 aromatic rings. The summed E-state index contributed by atoms with van der Waals surface area (Å²) >= 11 is 0. The van der Waals surface area contributed by atoms with Gasteiger partial charge in [-0.25, -0.2) is 4.79 Å². The van der Waals surface area contributed by atoms with Gasteiger partial charge in [0.15, 0.2) is 0 Å². The summed E-state index contributed by atoms with van der Waals surface area (Å²) < 4.78 is 7.04. The highest BCUT2D eigenvalue weighted by atomic mass is 16.5. The van der Waals surface area contributed by atoms with Crippen LogP contribution in [0.25, 0.3) is 0 Å². The van der Waals surface area contributed by atoms with Gasteiger partial charge in [0.25, 0.3) is 5.91 Å². The summed E-state index contributed by atoms with van der Waals surface area (Å²) in [6, 6.07) is 10.3. The normalized spacial score (nSPS) is 23.2.